The number of nitrogens with one attached hydrogen (secondary N) is 1. The molecule has 0 spiro atoms. The molecule has 116 valence electrons. The third-order valence-corrected chi connectivity index (χ3v) is 3.87. The van der Waals surface area contributed by atoms with Gasteiger partial charge in [-0.1, -0.05) is 31.4 Å². The molecule has 1 saturated carbocycles. The summed E-state index contributed by atoms with van der Waals surface area (Å²) < 4.78 is 5.76. The maximum absolute atomic E-state index is 12.4. The highest BCUT2D eigenvalue weighted by atomic mass is 16.5. The first-order chi connectivity index (χ1) is 10.2. The van der Waals surface area contributed by atoms with Crippen molar-refractivity contribution in [3.05, 3.63) is 29.8 Å². The number of para-hydroxylation sites is 1. The first kappa shape index (κ1) is 15.8. The van der Waals surface area contributed by atoms with Gasteiger partial charge >= 0.3 is 0 Å². The highest BCUT2D eigenvalue weighted by molar-refractivity contribution is 5.97. The molecule has 2 rings (SSSR count). The number of rotatable bonds is 6. The van der Waals surface area contributed by atoms with Crippen LogP contribution in [0.3, 0.4) is 0 Å². The molecule has 0 aromatic heterocycles. The van der Waals surface area contributed by atoms with Gasteiger partial charge in [-0.05, 0) is 39.1 Å². The van der Waals surface area contributed by atoms with Crippen molar-refractivity contribution in [2.75, 3.05) is 27.2 Å². The van der Waals surface area contributed by atoms with Crippen LogP contribution in [0.15, 0.2) is 24.3 Å². The molecule has 0 bridgehead atoms. The normalized spacial score (nSPS) is 16.0. The topological polar surface area (TPSA) is 41.6 Å². The second kappa shape index (κ2) is 8.03. The van der Waals surface area contributed by atoms with E-state index in [1.165, 1.54) is 19.3 Å². The minimum Gasteiger partial charge on any atom is -0.491 e. The standard InChI is InChI=1S/C17H26N2O2/c1-19(2)12-13-21-16-11-7-6-10-15(16)17(20)18-14-8-4-3-5-9-14/h6-7,10-11,14H,3-5,8-9,12-13H2,1-2H3,(H,18,20). The third-order valence-electron chi connectivity index (χ3n) is 3.87. The lowest BCUT2D eigenvalue weighted by Crippen LogP contribution is -2.36. The molecule has 4 nitrogen and oxygen atoms in total. The zero-order chi connectivity index (χ0) is 15.1. The predicted molar refractivity (Wildman–Crippen MR) is 84.8 cm³/mol. The zero-order valence-electron chi connectivity index (χ0n) is 13.1. The summed E-state index contributed by atoms with van der Waals surface area (Å²) in [5.74, 6) is 0.662. The molecule has 1 fully saturated rings. The molecule has 0 radical (unpaired) electrons. The summed E-state index contributed by atoms with van der Waals surface area (Å²) >= 11 is 0. The summed E-state index contributed by atoms with van der Waals surface area (Å²) in [5.41, 5.74) is 0.641. The fraction of sp³-hybridized carbons (Fsp3) is 0.588. The summed E-state index contributed by atoms with van der Waals surface area (Å²) in [4.78, 5) is 14.5. The third kappa shape index (κ3) is 5.05. The van der Waals surface area contributed by atoms with Crippen LogP contribution in [0.1, 0.15) is 42.5 Å². The van der Waals surface area contributed by atoms with Crippen LogP contribution in [0.5, 0.6) is 5.75 Å². The van der Waals surface area contributed by atoms with E-state index < -0.39 is 0 Å². The van der Waals surface area contributed by atoms with Crippen molar-refractivity contribution in [1.82, 2.24) is 10.2 Å². The summed E-state index contributed by atoms with van der Waals surface area (Å²) in [6.07, 6.45) is 5.90. The molecule has 0 unspecified atom stereocenters. The monoisotopic (exact) mass is 290 g/mol. The Labute approximate surface area is 127 Å². The van der Waals surface area contributed by atoms with Crippen molar-refractivity contribution in [3.8, 4) is 5.75 Å². The van der Waals surface area contributed by atoms with E-state index in [2.05, 4.69) is 10.2 Å². The van der Waals surface area contributed by atoms with Crippen LogP contribution in [-0.4, -0.2) is 44.1 Å². The molecule has 1 aromatic rings. The molecule has 1 aliphatic carbocycles. The van der Waals surface area contributed by atoms with Crippen LogP contribution in [0.25, 0.3) is 0 Å². The lowest BCUT2D eigenvalue weighted by atomic mass is 9.95. The van der Waals surface area contributed by atoms with Crippen molar-refractivity contribution in [3.63, 3.8) is 0 Å². The lowest BCUT2D eigenvalue weighted by Gasteiger charge is -2.23. The molecular weight excluding hydrogens is 264 g/mol. The van der Waals surface area contributed by atoms with Gasteiger partial charge in [-0.3, -0.25) is 4.79 Å². The Hall–Kier alpha value is -1.55. The van der Waals surface area contributed by atoms with Crippen LogP contribution < -0.4 is 10.1 Å². The number of hydrogen-bond acceptors (Lipinski definition) is 3. The van der Waals surface area contributed by atoms with Gasteiger partial charge < -0.3 is 15.0 Å². The van der Waals surface area contributed by atoms with E-state index in [1.54, 1.807) is 0 Å². The smallest absolute Gasteiger partial charge is 0.255 e. The van der Waals surface area contributed by atoms with Gasteiger partial charge in [0, 0.05) is 12.6 Å². The first-order valence-corrected chi connectivity index (χ1v) is 7.84. The summed E-state index contributed by atoms with van der Waals surface area (Å²) in [7, 11) is 4.01. The molecule has 1 amide bonds. The summed E-state index contributed by atoms with van der Waals surface area (Å²) in [6, 6.07) is 7.81. The minimum absolute atomic E-state index is 0.0117. The van der Waals surface area contributed by atoms with Crippen LogP contribution in [0.4, 0.5) is 0 Å². The second-order valence-corrected chi connectivity index (χ2v) is 5.96. The Bertz CT molecular complexity index is 454. The number of ether oxygens (including phenoxy) is 1. The number of carbonyl (C=O) groups excluding carboxylic acids is 1. The average molecular weight is 290 g/mol. The van der Waals surface area contributed by atoms with Crippen LogP contribution in [0.2, 0.25) is 0 Å². The molecule has 1 aliphatic rings. The van der Waals surface area contributed by atoms with Crippen LogP contribution in [0, 0.1) is 0 Å². The number of likely N-dealkylation sites (N-methyl/N-ethyl adjacent to an activating group) is 1. The van der Waals surface area contributed by atoms with Gasteiger partial charge in [0.2, 0.25) is 0 Å². The summed E-state index contributed by atoms with van der Waals surface area (Å²) in [5, 5.41) is 3.15. The molecule has 0 aliphatic heterocycles. The van der Waals surface area contributed by atoms with E-state index in [-0.39, 0.29) is 5.91 Å². The highest BCUT2D eigenvalue weighted by Crippen LogP contribution is 2.21. The van der Waals surface area contributed by atoms with Gasteiger partial charge in [-0.2, -0.15) is 0 Å². The Kier molecular flexibility index (Phi) is 6.05. The largest absolute Gasteiger partial charge is 0.491 e. The molecule has 1 aromatic carbocycles. The Morgan fingerprint density at radius 1 is 1.24 bits per heavy atom. The summed E-state index contributed by atoms with van der Waals surface area (Å²) in [6.45, 7) is 1.42. The van der Waals surface area contributed by atoms with Crippen molar-refractivity contribution in [1.29, 1.82) is 0 Å². The fourth-order valence-corrected chi connectivity index (χ4v) is 2.63. The van der Waals surface area contributed by atoms with E-state index >= 15 is 0 Å². The number of benzene rings is 1. The highest BCUT2D eigenvalue weighted by Gasteiger charge is 2.18. The zero-order valence-corrected chi connectivity index (χ0v) is 13.1. The van der Waals surface area contributed by atoms with E-state index in [1.807, 2.05) is 38.4 Å². The van der Waals surface area contributed by atoms with Crippen LogP contribution in [-0.2, 0) is 0 Å². The molecule has 21 heavy (non-hydrogen) atoms. The Morgan fingerprint density at radius 3 is 2.67 bits per heavy atom. The molecule has 0 saturated heterocycles. The van der Waals surface area contributed by atoms with E-state index in [4.69, 9.17) is 4.74 Å². The predicted octanol–water partition coefficient (Wildman–Crippen LogP) is 2.69. The number of nitrogens with zero attached hydrogens (tertiary/aromatic N) is 1. The minimum atomic E-state index is -0.0117. The van der Waals surface area contributed by atoms with Gasteiger partial charge in [0.05, 0.1) is 5.56 Å². The van der Waals surface area contributed by atoms with Crippen molar-refractivity contribution in [2.24, 2.45) is 0 Å². The van der Waals surface area contributed by atoms with Crippen molar-refractivity contribution < 1.29 is 9.53 Å². The fourth-order valence-electron chi connectivity index (χ4n) is 2.63. The number of hydrogen-bond donors (Lipinski definition) is 1. The van der Waals surface area contributed by atoms with Gasteiger partial charge in [-0.25, -0.2) is 0 Å². The number of carbonyl (C=O) groups is 1. The quantitative estimate of drug-likeness (QED) is 0.876. The van der Waals surface area contributed by atoms with Gasteiger partial charge in [0.1, 0.15) is 12.4 Å². The Morgan fingerprint density at radius 2 is 1.95 bits per heavy atom. The van der Waals surface area contributed by atoms with Gasteiger partial charge in [0.25, 0.3) is 5.91 Å². The maximum Gasteiger partial charge on any atom is 0.255 e. The van der Waals surface area contributed by atoms with Gasteiger partial charge in [-0.15, -0.1) is 0 Å². The number of amides is 1. The molecule has 0 atom stereocenters. The molecular formula is C17H26N2O2. The van der Waals surface area contributed by atoms with E-state index in [0.717, 1.165) is 19.4 Å². The first-order valence-electron chi connectivity index (χ1n) is 7.84. The maximum atomic E-state index is 12.4. The SMILES string of the molecule is CN(C)CCOc1ccccc1C(=O)NC1CCCCC1. The Balaban J connectivity index is 1.95. The average Bonchev–Trinajstić information content (AvgIpc) is 2.48. The van der Waals surface area contributed by atoms with Crippen LogP contribution >= 0.6 is 0 Å². The van der Waals surface area contributed by atoms with Crippen molar-refractivity contribution in [2.45, 2.75) is 38.1 Å². The molecule has 4 heteroatoms. The lowest BCUT2D eigenvalue weighted by molar-refractivity contribution is 0.0923. The molecule has 0 heterocycles. The van der Waals surface area contributed by atoms with E-state index in [0.29, 0.717) is 24.0 Å². The van der Waals surface area contributed by atoms with E-state index in [9.17, 15) is 4.79 Å². The molecule has 1 N–H and O–H groups in total. The van der Waals surface area contributed by atoms with Gasteiger partial charge in [0.15, 0.2) is 0 Å². The second-order valence-electron chi connectivity index (χ2n) is 5.96. The van der Waals surface area contributed by atoms with Crippen molar-refractivity contribution >= 4 is 5.91 Å².